The number of hydrogen-bond acceptors (Lipinski definition) is 6. The van der Waals surface area contributed by atoms with Crippen LogP contribution in [0.3, 0.4) is 0 Å². The molecule has 0 spiro atoms. The number of aromatic amines is 1. The fraction of sp³-hybridized carbons (Fsp3) is 0.417. The Morgan fingerprint density at radius 2 is 1.82 bits per heavy atom. The van der Waals surface area contributed by atoms with E-state index in [9.17, 15) is 9.59 Å². The number of amides is 2. The molecule has 1 atom stereocenters. The average molecular weight is 485 g/mol. The van der Waals surface area contributed by atoms with E-state index in [0.717, 1.165) is 22.4 Å². The summed E-state index contributed by atoms with van der Waals surface area (Å²) in [5.41, 5.74) is 1.97. The zero-order valence-corrected chi connectivity index (χ0v) is 20.3. The first-order valence-corrected chi connectivity index (χ1v) is 11.6. The number of aromatic nitrogens is 3. The number of nitrogens with one attached hydrogen (secondary N) is 2. The summed E-state index contributed by atoms with van der Waals surface area (Å²) in [6.45, 7) is 7.63. The third-order valence-corrected chi connectivity index (χ3v) is 5.81. The molecule has 0 aliphatic carbocycles. The normalized spacial score (nSPS) is 15.3. The molecular formula is C24H29ClN6O3. The first-order valence-electron chi connectivity index (χ1n) is 11.3. The van der Waals surface area contributed by atoms with E-state index in [-0.39, 0.29) is 5.91 Å². The van der Waals surface area contributed by atoms with E-state index >= 15 is 0 Å². The van der Waals surface area contributed by atoms with Gasteiger partial charge in [0.05, 0.1) is 5.52 Å². The molecule has 34 heavy (non-hydrogen) atoms. The summed E-state index contributed by atoms with van der Waals surface area (Å²) in [5, 5.41) is 3.39. The van der Waals surface area contributed by atoms with Crippen molar-refractivity contribution in [3.8, 4) is 0 Å². The second kappa shape index (κ2) is 9.89. The lowest BCUT2D eigenvalue weighted by Gasteiger charge is -2.37. The van der Waals surface area contributed by atoms with E-state index in [4.69, 9.17) is 16.3 Å². The van der Waals surface area contributed by atoms with Gasteiger partial charge in [0.15, 0.2) is 5.82 Å². The zero-order valence-electron chi connectivity index (χ0n) is 19.5. The SMILES string of the molecule is CC(C)(C)OC(=O)NC(Cc1ccc(Cl)cc1)C(=O)N1CCN(c2ncnc3cc[nH]c23)CC1. The van der Waals surface area contributed by atoms with Crippen LogP contribution in [-0.2, 0) is 16.0 Å². The van der Waals surface area contributed by atoms with Gasteiger partial charge in [0.2, 0.25) is 5.91 Å². The molecular weight excluding hydrogens is 456 g/mol. The second-order valence-electron chi connectivity index (χ2n) is 9.28. The Balaban J connectivity index is 1.45. The Hall–Kier alpha value is -3.33. The largest absolute Gasteiger partial charge is 0.444 e. The minimum atomic E-state index is -0.753. The lowest BCUT2D eigenvalue weighted by Crippen LogP contribution is -2.56. The summed E-state index contributed by atoms with van der Waals surface area (Å²) in [7, 11) is 0. The molecule has 3 heterocycles. The number of ether oxygens (including phenoxy) is 1. The molecule has 0 bridgehead atoms. The Morgan fingerprint density at radius 3 is 2.50 bits per heavy atom. The van der Waals surface area contributed by atoms with Gasteiger partial charge >= 0.3 is 6.09 Å². The molecule has 3 aromatic rings. The van der Waals surface area contributed by atoms with Crippen molar-refractivity contribution in [1.82, 2.24) is 25.2 Å². The first-order chi connectivity index (χ1) is 16.2. The first kappa shape index (κ1) is 23.8. The quantitative estimate of drug-likeness (QED) is 0.575. The van der Waals surface area contributed by atoms with Crippen LogP contribution in [0.5, 0.6) is 0 Å². The molecule has 1 aliphatic heterocycles. The topological polar surface area (TPSA) is 103 Å². The van der Waals surface area contributed by atoms with Crippen LogP contribution in [0.15, 0.2) is 42.9 Å². The lowest BCUT2D eigenvalue weighted by molar-refractivity contribution is -0.133. The fourth-order valence-corrected chi connectivity index (χ4v) is 4.09. The van der Waals surface area contributed by atoms with E-state index in [1.54, 1.807) is 44.1 Å². The van der Waals surface area contributed by atoms with Crippen molar-refractivity contribution >= 4 is 40.5 Å². The van der Waals surface area contributed by atoms with E-state index in [2.05, 4.69) is 25.2 Å². The maximum Gasteiger partial charge on any atom is 0.408 e. The molecule has 9 nitrogen and oxygen atoms in total. The van der Waals surface area contributed by atoms with Gasteiger partial charge < -0.3 is 24.8 Å². The Bertz CT molecular complexity index is 1150. The van der Waals surface area contributed by atoms with Gasteiger partial charge in [0, 0.05) is 43.8 Å². The Kier molecular flexibility index (Phi) is 6.92. The van der Waals surface area contributed by atoms with E-state index in [1.807, 2.05) is 24.4 Å². The number of rotatable bonds is 5. The summed E-state index contributed by atoms with van der Waals surface area (Å²) < 4.78 is 5.40. The number of nitrogens with zero attached hydrogens (tertiary/aromatic N) is 4. The van der Waals surface area contributed by atoms with Crippen LogP contribution in [0.4, 0.5) is 10.6 Å². The number of carbonyl (C=O) groups excluding carboxylic acids is 2. The fourth-order valence-electron chi connectivity index (χ4n) is 3.96. The van der Waals surface area contributed by atoms with Gasteiger partial charge in [0.25, 0.3) is 0 Å². The molecule has 1 saturated heterocycles. The monoisotopic (exact) mass is 484 g/mol. The van der Waals surface area contributed by atoms with Crippen LogP contribution in [0.25, 0.3) is 11.0 Å². The van der Waals surface area contributed by atoms with Gasteiger partial charge in [-0.1, -0.05) is 23.7 Å². The van der Waals surface area contributed by atoms with Crippen LogP contribution in [0.1, 0.15) is 26.3 Å². The lowest BCUT2D eigenvalue weighted by atomic mass is 10.0. The molecule has 0 radical (unpaired) electrons. The predicted octanol–water partition coefficient (Wildman–Crippen LogP) is 3.40. The van der Waals surface area contributed by atoms with Crippen molar-refractivity contribution in [1.29, 1.82) is 0 Å². The van der Waals surface area contributed by atoms with E-state index in [0.29, 0.717) is 37.6 Å². The van der Waals surface area contributed by atoms with E-state index in [1.165, 1.54) is 0 Å². The third kappa shape index (κ3) is 5.77. The summed E-state index contributed by atoms with van der Waals surface area (Å²) in [6, 6.07) is 8.41. The average Bonchev–Trinajstić information content (AvgIpc) is 3.27. The van der Waals surface area contributed by atoms with Crippen LogP contribution >= 0.6 is 11.6 Å². The van der Waals surface area contributed by atoms with Crippen molar-refractivity contribution in [3.05, 3.63) is 53.4 Å². The van der Waals surface area contributed by atoms with Gasteiger partial charge in [-0.3, -0.25) is 4.79 Å². The maximum atomic E-state index is 13.5. The molecule has 2 aromatic heterocycles. The van der Waals surface area contributed by atoms with E-state index < -0.39 is 17.7 Å². The third-order valence-electron chi connectivity index (χ3n) is 5.56. The molecule has 2 amide bonds. The van der Waals surface area contributed by atoms with Crippen molar-refractivity contribution in [2.75, 3.05) is 31.1 Å². The minimum absolute atomic E-state index is 0.145. The molecule has 1 unspecified atom stereocenters. The highest BCUT2D eigenvalue weighted by atomic mass is 35.5. The number of carbonyl (C=O) groups is 2. The van der Waals surface area contributed by atoms with Gasteiger partial charge in [-0.05, 0) is 44.5 Å². The van der Waals surface area contributed by atoms with Crippen molar-refractivity contribution in [2.45, 2.75) is 38.8 Å². The van der Waals surface area contributed by atoms with Crippen molar-refractivity contribution < 1.29 is 14.3 Å². The van der Waals surface area contributed by atoms with Gasteiger partial charge in [0.1, 0.15) is 23.5 Å². The number of fused-ring (bicyclic) bond motifs is 1. The Morgan fingerprint density at radius 1 is 1.12 bits per heavy atom. The smallest absolute Gasteiger partial charge is 0.408 e. The molecule has 10 heteroatoms. The highest BCUT2D eigenvalue weighted by molar-refractivity contribution is 6.30. The number of anilines is 1. The number of benzene rings is 1. The molecule has 2 N–H and O–H groups in total. The molecule has 1 fully saturated rings. The summed E-state index contributed by atoms with van der Waals surface area (Å²) >= 11 is 6.00. The molecule has 0 saturated carbocycles. The molecule has 4 rings (SSSR count). The summed E-state index contributed by atoms with van der Waals surface area (Å²) in [6.07, 6.45) is 3.11. The number of H-pyrrole nitrogens is 1. The van der Waals surface area contributed by atoms with Gasteiger partial charge in [-0.25, -0.2) is 14.8 Å². The van der Waals surface area contributed by atoms with Crippen LogP contribution in [-0.4, -0.2) is 69.7 Å². The molecule has 1 aliphatic rings. The van der Waals surface area contributed by atoms with Crippen molar-refractivity contribution in [2.24, 2.45) is 0 Å². The van der Waals surface area contributed by atoms with Crippen LogP contribution in [0, 0.1) is 0 Å². The van der Waals surface area contributed by atoms with Crippen LogP contribution < -0.4 is 10.2 Å². The van der Waals surface area contributed by atoms with Crippen LogP contribution in [0.2, 0.25) is 5.02 Å². The number of piperazine rings is 1. The summed E-state index contributed by atoms with van der Waals surface area (Å²) in [5.74, 6) is 0.680. The van der Waals surface area contributed by atoms with Gasteiger partial charge in [-0.2, -0.15) is 0 Å². The standard InChI is InChI=1S/C24H29ClN6O3/c1-24(2,3)34-23(33)29-19(14-16-4-6-17(25)7-5-16)22(32)31-12-10-30(11-13-31)21-20-18(8-9-26-20)27-15-28-21/h4-9,15,19,26H,10-14H2,1-3H3,(H,29,33). The maximum absolute atomic E-state index is 13.5. The number of halogens is 1. The van der Waals surface area contributed by atoms with Crippen molar-refractivity contribution in [3.63, 3.8) is 0 Å². The summed E-state index contributed by atoms with van der Waals surface area (Å²) in [4.78, 5) is 41.8. The Labute approximate surface area is 203 Å². The predicted molar refractivity (Wildman–Crippen MR) is 131 cm³/mol. The molecule has 180 valence electrons. The van der Waals surface area contributed by atoms with Gasteiger partial charge in [-0.15, -0.1) is 0 Å². The second-order valence-corrected chi connectivity index (χ2v) is 9.71. The molecule has 1 aromatic carbocycles. The zero-order chi connectivity index (χ0) is 24.3. The minimum Gasteiger partial charge on any atom is -0.444 e. The highest BCUT2D eigenvalue weighted by Crippen LogP contribution is 2.22. The number of hydrogen-bond donors (Lipinski definition) is 2. The number of alkyl carbamates (subject to hydrolysis) is 1. The highest BCUT2D eigenvalue weighted by Gasteiger charge is 2.31.